The summed E-state index contributed by atoms with van der Waals surface area (Å²) in [4.78, 5) is -0.457. The summed E-state index contributed by atoms with van der Waals surface area (Å²) in [5.41, 5.74) is 6.25. The number of benzene rings is 2. The first-order valence-electron chi connectivity index (χ1n) is 9.76. The number of halogens is 5. The van der Waals surface area contributed by atoms with E-state index in [-0.39, 0.29) is 50.0 Å². The van der Waals surface area contributed by atoms with Crippen molar-refractivity contribution in [3.8, 4) is 37.3 Å². The zero-order valence-corrected chi connectivity index (χ0v) is 19.5. The van der Waals surface area contributed by atoms with Gasteiger partial charge in [-0.25, -0.2) is 4.39 Å². The second-order valence-corrected chi connectivity index (χ2v) is 9.58. The third kappa shape index (κ3) is 5.23. The Hall–Kier alpha value is -2.57. The predicted molar refractivity (Wildman–Crippen MR) is 125 cm³/mol. The second kappa shape index (κ2) is 9.96. The van der Waals surface area contributed by atoms with Crippen LogP contribution in [0.5, 0.6) is 5.75 Å². The Labute approximate surface area is 204 Å². The van der Waals surface area contributed by atoms with Crippen molar-refractivity contribution in [1.82, 2.24) is 10.2 Å². The lowest BCUT2D eigenvalue weighted by molar-refractivity contribution is -0.133. The first-order chi connectivity index (χ1) is 16.2. The zero-order valence-electron chi connectivity index (χ0n) is 17.1. The van der Waals surface area contributed by atoms with E-state index in [0.29, 0.717) is 16.9 Å². The maximum absolute atomic E-state index is 14.5. The van der Waals surface area contributed by atoms with E-state index in [2.05, 4.69) is 10.2 Å². The van der Waals surface area contributed by atoms with Crippen LogP contribution in [-0.2, 0) is 6.18 Å². The minimum Gasteiger partial charge on any atom is -0.489 e. The highest BCUT2D eigenvalue weighted by atomic mass is 35.5. The monoisotopic (exact) mass is 529 g/mol. The molecule has 1 atom stereocenters. The van der Waals surface area contributed by atoms with Gasteiger partial charge in [0.25, 0.3) is 0 Å². The molecule has 0 aliphatic heterocycles. The van der Waals surface area contributed by atoms with Crippen LogP contribution in [0.1, 0.15) is 4.88 Å². The molecule has 12 heteroatoms. The number of hydrogen-bond acceptors (Lipinski definition) is 7. The fourth-order valence-corrected chi connectivity index (χ4v) is 5.28. The SMILES string of the molecule is N[C@H](CO)COc1cc(Cl)c(-c2nnc(-c3cc(-c4ccccc4)c(C(F)(F)F)s3)s2)cc1F. The van der Waals surface area contributed by atoms with Crippen LogP contribution in [0.25, 0.3) is 31.6 Å². The third-order valence-corrected chi connectivity index (χ3v) is 7.27. The van der Waals surface area contributed by atoms with Crippen molar-refractivity contribution in [3.63, 3.8) is 0 Å². The molecule has 0 amide bonds. The summed E-state index contributed by atoms with van der Waals surface area (Å²) in [7, 11) is 0. The first kappa shape index (κ1) is 24.6. The normalized spacial score (nSPS) is 12.7. The van der Waals surface area contributed by atoms with Gasteiger partial charge in [-0.2, -0.15) is 13.2 Å². The van der Waals surface area contributed by atoms with E-state index in [1.165, 1.54) is 12.1 Å². The van der Waals surface area contributed by atoms with Crippen molar-refractivity contribution in [1.29, 1.82) is 0 Å². The van der Waals surface area contributed by atoms with Gasteiger partial charge in [-0.05, 0) is 17.7 Å². The molecule has 4 aromatic rings. The molecule has 2 aromatic carbocycles. The molecule has 0 aliphatic rings. The third-order valence-electron chi connectivity index (χ3n) is 4.65. The van der Waals surface area contributed by atoms with Crippen molar-refractivity contribution in [3.05, 3.63) is 64.2 Å². The Morgan fingerprint density at radius 1 is 1.03 bits per heavy atom. The van der Waals surface area contributed by atoms with Crippen LogP contribution in [0.4, 0.5) is 17.6 Å². The van der Waals surface area contributed by atoms with E-state index in [1.807, 2.05) is 0 Å². The summed E-state index contributed by atoms with van der Waals surface area (Å²) >= 11 is 7.84. The summed E-state index contributed by atoms with van der Waals surface area (Å²) in [6, 6.07) is 11.4. The first-order valence-corrected chi connectivity index (χ1v) is 11.8. The van der Waals surface area contributed by atoms with Gasteiger partial charge in [0.1, 0.15) is 16.5 Å². The maximum Gasteiger partial charge on any atom is 0.426 e. The quantitative estimate of drug-likeness (QED) is 0.282. The van der Waals surface area contributed by atoms with Gasteiger partial charge in [-0.3, -0.25) is 0 Å². The van der Waals surface area contributed by atoms with Crippen LogP contribution in [0.15, 0.2) is 48.5 Å². The molecule has 0 spiro atoms. The van der Waals surface area contributed by atoms with Crippen LogP contribution >= 0.6 is 34.3 Å². The lowest BCUT2D eigenvalue weighted by Crippen LogP contribution is -2.31. The molecule has 4 rings (SSSR count). The molecule has 178 valence electrons. The molecule has 5 nitrogen and oxygen atoms in total. The Morgan fingerprint density at radius 2 is 1.74 bits per heavy atom. The molecule has 0 unspecified atom stereocenters. The number of ether oxygens (including phenoxy) is 1. The van der Waals surface area contributed by atoms with Crippen molar-refractivity contribution in [2.45, 2.75) is 12.2 Å². The molecule has 0 bridgehead atoms. The summed E-state index contributed by atoms with van der Waals surface area (Å²) in [6.07, 6.45) is -4.54. The summed E-state index contributed by atoms with van der Waals surface area (Å²) in [5, 5.41) is 17.6. The molecule has 0 saturated heterocycles. The number of aromatic nitrogens is 2. The van der Waals surface area contributed by atoms with E-state index >= 15 is 0 Å². The highest BCUT2D eigenvalue weighted by Crippen LogP contribution is 2.47. The smallest absolute Gasteiger partial charge is 0.426 e. The molecular formula is C22H16ClF4N3O2S2. The van der Waals surface area contributed by atoms with E-state index in [0.717, 1.165) is 17.4 Å². The topological polar surface area (TPSA) is 81.3 Å². The van der Waals surface area contributed by atoms with Gasteiger partial charge in [0.2, 0.25) is 0 Å². The van der Waals surface area contributed by atoms with Gasteiger partial charge in [-0.15, -0.1) is 21.5 Å². The number of rotatable bonds is 7. The van der Waals surface area contributed by atoms with Crippen molar-refractivity contribution < 1.29 is 27.4 Å². The van der Waals surface area contributed by atoms with Gasteiger partial charge in [0.05, 0.1) is 22.5 Å². The van der Waals surface area contributed by atoms with Crippen molar-refractivity contribution in [2.24, 2.45) is 5.73 Å². The molecule has 0 aliphatic carbocycles. The fourth-order valence-electron chi connectivity index (χ4n) is 3.02. The standard InChI is InChI=1S/C22H16ClF4N3O2S2/c23-15-8-17(32-10-12(28)9-31)16(24)6-14(15)20-29-30-21(34-20)18-7-13(11-4-2-1-3-5-11)19(33-18)22(25,26)27/h1-8,12,31H,9-10,28H2/t12-/m1/s1. The van der Waals surface area contributed by atoms with E-state index in [1.54, 1.807) is 30.3 Å². The molecule has 34 heavy (non-hydrogen) atoms. The van der Waals surface area contributed by atoms with Gasteiger partial charge in [0.15, 0.2) is 16.6 Å². The highest BCUT2D eigenvalue weighted by Gasteiger charge is 2.37. The van der Waals surface area contributed by atoms with E-state index in [9.17, 15) is 17.6 Å². The van der Waals surface area contributed by atoms with Crippen molar-refractivity contribution in [2.75, 3.05) is 13.2 Å². The largest absolute Gasteiger partial charge is 0.489 e. The zero-order chi connectivity index (χ0) is 24.5. The number of nitrogens with two attached hydrogens (primary N) is 1. The minimum absolute atomic E-state index is 0.0523. The Balaban J connectivity index is 1.67. The molecule has 2 aromatic heterocycles. The molecule has 2 heterocycles. The van der Waals surface area contributed by atoms with Crippen LogP contribution in [0.2, 0.25) is 5.02 Å². The highest BCUT2D eigenvalue weighted by molar-refractivity contribution is 7.23. The lowest BCUT2D eigenvalue weighted by atomic mass is 10.1. The number of alkyl halides is 3. The summed E-state index contributed by atoms with van der Waals surface area (Å²) in [6.45, 7) is -0.443. The van der Waals surface area contributed by atoms with Gasteiger partial charge in [-0.1, -0.05) is 53.3 Å². The molecule has 3 N–H and O–H groups in total. The number of nitrogens with zero attached hydrogens (tertiary/aromatic N) is 2. The number of aliphatic hydroxyl groups excluding tert-OH is 1. The van der Waals surface area contributed by atoms with Gasteiger partial charge < -0.3 is 15.6 Å². The number of aliphatic hydroxyl groups is 1. The number of thiophene rings is 1. The van der Waals surface area contributed by atoms with Crippen LogP contribution in [-0.4, -0.2) is 34.6 Å². The van der Waals surface area contributed by atoms with Crippen molar-refractivity contribution >= 4 is 34.3 Å². The van der Waals surface area contributed by atoms with E-state index in [4.69, 9.17) is 27.2 Å². The molecule has 0 radical (unpaired) electrons. The van der Waals surface area contributed by atoms with Gasteiger partial charge in [0, 0.05) is 17.2 Å². The maximum atomic E-state index is 14.5. The van der Waals surface area contributed by atoms with E-state index < -0.39 is 22.9 Å². The van der Waals surface area contributed by atoms with Crippen LogP contribution in [0, 0.1) is 5.82 Å². The van der Waals surface area contributed by atoms with Crippen LogP contribution < -0.4 is 10.5 Å². The molecule has 0 fully saturated rings. The molecule has 0 saturated carbocycles. The Bertz CT molecular complexity index is 1300. The average Bonchev–Trinajstić information content (AvgIpc) is 3.47. The summed E-state index contributed by atoms with van der Waals surface area (Å²) < 4.78 is 60.8. The van der Waals surface area contributed by atoms with Crippen LogP contribution in [0.3, 0.4) is 0 Å². The Kier molecular flexibility index (Phi) is 7.20. The minimum atomic E-state index is -4.54. The van der Waals surface area contributed by atoms with Gasteiger partial charge >= 0.3 is 6.18 Å². The number of hydrogen-bond donors (Lipinski definition) is 2. The predicted octanol–water partition coefficient (Wildman–Crippen LogP) is 6.11. The second-order valence-electron chi connectivity index (χ2n) is 7.15. The lowest BCUT2D eigenvalue weighted by Gasteiger charge is -2.12. The average molecular weight is 530 g/mol. The fraction of sp³-hybridized carbons (Fsp3) is 0.182. The molecular weight excluding hydrogens is 514 g/mol. The Morgan fingerprint density at radius 3 is 2.41 bits per heavy atom. The summed E-state index contributed by atoms with van der Waals surface area (Å²) in [5.74, 6) is -0.883.